The first kappa shape index (κ1) is 23.1. The van der Waals surface area contributed by atoms with Crippen molar-refractivity contribution in [2.45, 2.75) is 58.6 Å². The van der Waals surface area contributed by atoms with Gasteiger partial charge in [-0.2, -0.15) is 5.26 Å². The van der Waals surface area contributed by atoms with Gasteiger partial charge in [-0.05, 0) is 76.4 Å². The second-order valence-electron chi connectivity index (χ2n) is 9.63. The molecule has 0 unspecified atom stereocenters. The second-order valence-corrected chi connectivity index (χ2v) is 9.63. The lowest BCUT2D eigenvalue weighted by atomic mass is 9.87. The normalized spacial score (nSPS) is 18.3. The number of ether oxygens (including phenoxy) is 2. The molecule has 7 nitrogen and oxygen atoms in total. The molecule has 2 heterocycles. The van der Waals surface area contributed by atoms with Crippen LogP contribution < -0.4 is 0 Å². The van der Waals surface area contributed by atoms with Crippen molar-refractivity contribution < 1.29 is 19.1 Å². The molecule has 1 aromatic rings. The van der Waals surface area contributed by atoms with E-state index >= 15 is 0 Å². The summed E-state index contributed by atoms with van der Waals surface area (Å²) in [7, 11) is 1.44. The van der Waals surface area contributed by atoms with Crippen LogP contribution in [-0.4, -0.2) is 60.8 Å². The summed E-state index contributed by atoms with van der Waals surface area (Å²) in [4.78, 5) is 27.9. The number of carbonyl (C=O) groups is 2. The zero-order chi connectivity index (χ0) is 22.8. The molecular formula is C24H33N3O4. The molecule has 7 heteroatoms. The number of amides is 1. The number of benzene rings is 1. The third-order valence-electron chi connectivity index (χ3n) is 6.12. The van der Waals surface area contributed by atoms with E-state index < -0.39 is 5.60 Å². The lowest BCUT2D eigenvalue weighted by Gasteiger charge is -2.40. The number of carbonyl (C=O) groups excluding carboxylic acids is 2. The summed E-state index contributed by atoms with van der Waals surface area (Å²) in [6.45, 7) is 11.2. The summed E-state index contributed by atoms with van der Waals surface area (Å²) >= 11 is 0. The number of hydrogen-bond donors (Lipinski definition) is 0. The molecule has 2 aliphatic heterocycles. The van der Waals surface area contributed by atoms with Gasteiger partial charge < -0.3 is 14.4 Å². The van der Waals surface area contributed by atoms with E-state index in [2.05, 4.69) is 17.0 Å². The average molecular weight is 428 g/mol. The Bertz CT molecular complexity index is 870. The van der Waals surface area contributed by atoms with Crippen molar-refractivity contribution in [1.82, 2.24) is 9.80 Å². The van der Waals surface area contributed by atoms with Gasteiger partial charge in [-0.15, -0.1) is 0 Å². The van der Waals surface area contributed by atoms with Crippen molar-refractivity contribution in [3.8, 4) is 6.07 Å². The number of aryl methyl sites for hydroxylation is 1. The van der Waals surface area contributed by atoms with Crippen molar-refractivity contribution >= 4 is 12.1 Å². The van der Waals surface area contributed by atoms with E-state index in [1.807, 2.05) is 33.8 Å². The fourth-order valence-electron chi connectivity index (χ4n) is 4.27. The Morgan fingerprint density at radius 3 is 2.39 bits per heavy atom. The average Bonchev–Trinajstić information content (AvgIpc) is 2.67. The molecule has 168 valence electrons. The van der Waals surface area contributed by atoms with E-state index in [-0.39, 0.29) is 23.9 Å². The maximum atomic E-state index is 12.2. The summed E-state index contributed by atoms with van der Waals surface area (Å²) in [6.07, 6.45) is 1.29. The van der Waals surface area contributed by atoms with Crippen LogP contribution in [0.5, 0.6) is 0 Å². The van der Waals surface area contributed by atoms with Gasteiger partial charge in [0.1, 0.15) is 5.60 Å². The van der Waals surface area contributed by atoms with Gasteiger partial charge >= 0.3 is 12.1 Å². The molecule has 31 heavy (non-hydrogen) atoms. The van der Waals surface area contributed by atoms with Gasteiger partial charge in [0.25, 0.3) is 0 Å². The van der Waals surface area contributed by atoms with Gasteiger partial charge in [0, 0.05) is 25.6 Å². The fourth-order valence-corrected chi connectivity index (χ4v) is 4.27. The van der Waals surface area contributed by atoms with Crippen molar-refractivity contribution in [2.75, 3.05) is 33.3 Å². The monoisotopic (exact) mass is 427 g/mol. The molecule has 0 spiro atoms. The molecule has 1 aromatic carbocycles. The molecule has 2 fully saturated rings. The van der Waals surface area contributed by atoms with Gasteiger partial charge in [0.15, 0.2) is 0 Å². The van der Waals surface area contributed by atoms with Crippen LogP contribution in [0.25, 0.3) is 0 Å². The van der Waals surface area contributed by atoms with Gasteiger partial charge in [0.2, 0.25) is 0 Å². The molecule has 2 aliphatic rings. The highest BCUT2D eigenvalue weighted by atomic mass is 16.6. The fraction of sp³-hybridized carbons (Fsp3) is 0.625. The quantitative estimate of drug-likeness (QED) is 0.683. The minimum Gasteiger partial charge on any atom is -0.469 e. The summed E-state index contributed by atoms with van der Waals surface area (Å²) < 4.78 is 10.3. The molecule has 3 rings (SSSR count). The van der Waals surface area contributed by atoms with Gasteiger partial charge in [-0.3, -0.25) is 9.69 Å². The lowest BCUT2D eigenvalue weighted by molar-refractivity contribution is -0.147. The number of nitriles is 1. The Kier molecular flexibility index (Phi) is 6.90. The zero-order valence-corrected chi connectivity index (χ0v) is 19.2. The van der Waals surface area contributed by atoms with Crippen molar-refractivity contribution in [2.24, 2.45) is 5.92 Å². The SMILES string of the molecule is COC(=O)C1CCN(Cc2c(C)cc(C3CN(C(=O)OC(C)(C)C)C3)cc2C#N)CC1. The standard InChI is InChI=1S/C24H33N3O4/c1-16-10-18(20-13-27(14-20)23(29)31-24(2,3)4)11-19(12-25)21(16)15-26-8-6-17(7-9-26)22(28)30-5/h10-11,17,20H,6-9,13-15H2,1-5H3. The van der Waals surface area contributed by atoms with Gasteiger partial charge in [0.05, 0.1) is 24.7 Å². The Morgan fingerprint density at radius 1 is 1.19 bits per heavy atom. The third kappa shape index (κ3) is 5.56. The molecule has 0 N–H and O–H groups in total. The minimum atomic E-state index is -0.500. The van der Waals surface area contributed by atoms with Crippen LogP contribution in [0, 0.1) is 24.2 Å². The Hall–Kier alpha value is -2.59. The predicted molar refractivity (Wildman–Crippen MR) is 116 cm³/mol. The van der Waals surface area contributed by atoms with E-state index in [9.17, 15) is 14.9 Å². The van der Waals surface area contributed by atoms with Crippen molar-refractivity contribution in [3.63, 3.8) is 0 Å². The summed E-state index contributed by atoms with van der Waals surface area (Å²) in [6, 6.07) is 6.48. The highest BCUT2D eigenvalue weighted by molar-refractivity contribution is 5.72. The maximum Gasteiger partial charge on any atom is 0.410 e. The first-order valence-electron chi connectivity index (χ1n) is 10.9. The van der Waals surface area contributed by atoms with Crippen LogP contribution in [0.3, 0.4) is 0 Å². The second kappa shape index (κ2) is 9.27. The van der Waals surface area contributed by atoms with Crippen LogP contribution in [0.15, 0.2) is 12.1 Å². The molecule has 1 amide bonds. The molecule has 2 saturated heterocycles. The van der Waals surface area contributed by atoms with Gasteiger partial charge in [-0.25, -0.2) is 4.79 Å². The van der Waals surface area contributed by atoms with E-state index in [4.69, 9.17) is 9.47 Å². The Balaban J connectivity index is 1.62. The summed E-state index contributed by atoms with van der Waals surface area (Å²) in [5.74, 6) is 0.0775. The number of methoxy groups -OCH3 is 1. The van der Waals surface area contributed by atoms with Crippen LogP contribution >= 0.6 is 0 Å². The summed E-state index contributed by atoms with van der Waals surface area (Å²) in [5.41, 5.74) is 3.44. The molecular weight excluding hydrogens is 394 g/mol. The predicted octanol–water partition coefficient (Wildman–Crippen LogP) is 3.59. The molecule has 0 saturated carbocycles. The molecule has 0 radical (unpaired) electrons. The topological polar surface area (TPSA) is 82.9 Å². The van der Waals surface area contributed by atoms with Crippen LogP contribution in [0.2, 0.25) is 0 Å². The zero-order valence-electron chi connectivity index (χ0n) is 19.2. The number of piperidine rings is 1. The smallest absolute Gasteiger partial charge is 0.410 e. The largest absolute Gasteiger partial charge is 0.469 e. The Morgan fingerprint density at radius 2 is 1.84 bits per heavy atom. The molecule has 0 aromatic heterocycles. The molecule has 0 bridgehead atoms. The summed E-state index contributed by atoms with van der Waals surface area (Å²) in [5, 5.41) is 9.77. The number of rotatable bonds is 4. The molecule has 0 atom stereocenters. The van der Waals surface area contributed by atoms with Gasteiger partial charge in [-0.1, -0.05) is 6.07 Å². The Labute approximate surface area is 184 Å². The first-order chi connectivity index (χ1) is 14.6. The molecule has 0 aliphatic carbocycles. The highest BCUT2D eigenvalue weighted by Crippen LogP contribution is 2.32. The number of hydrogen-bond acceptors (Lipinski definition) is 6. The van der Waals surface area contributed by atoms with Crippen molar-refractivity contribution in [1.29, 1.82) is 5.26 Å². The third-order valence-corrected chi connectivity index (χ3v) is 6.12. The highest BCUT2D eigenvalue weighted by Gasteiger charge is 2.35. The van der Waals surface area contributed by atoms with E-state index in [1.165, 1.54) is 7.11 Å². The first-order valence-corrected chi connectivity index (χ1v) is 10.9. The number of nitrogens with zero attached hydrogens (tertiary/aromatic N) is 3. The number of esters is 1. The van der Waals surface area contributed by atoms with E-state index in [1.54, 1.807) is 4.90 Å². The minimum absolute atomic E-state index is 0.0216. The van der Waals surface area contributed by atoms with E-state index in [0.29, 0.717) is 25.2 Å². The van der Waals surface area contributed by atoms with Crippen molar-refractivity contribution in [3.05, 3.63) is 34.4 Å². The number of likely N-dealkylation sites (tertiary alicyclic amines) is 2. The van der Waals surface area contributed by atoms with Crippen LogP contribution in [0.4, 0.5) is 4.79 Å². The lowest BCUT2D eigenvalue weighted by Crippen LogP contribution is -2.50. The maximum absolute atomic E-state index is 12.2. The van der Waals surface area contributed by atoms with E-state index in [0.717, 1.165) is 42.6 Å². The van der Waals surface area contributed by atoms with Crippen LogP contribution in [-0.2, 0) is 20.8 Å². The van der Waals surface area contributed by atoms with Crippen LogP contribution in [0.1, 0.15) is 61.8 Å².